The molecule has 0 N–H and O–H groups in total. The fourth-order valence-corrected chi connectivity index (χ4v) is 3.94. The Morgan fingerprint density at radius 3 is 2.61 bits per heavy atom. The van der Waals surface area contributed by atoms with Crippen molar-refractivity contribution in [1.82, 2.24) is 9.80 Å². The molecule has 2 heterocycles. The van der Waals surface area contributed by atoms with Crippen molar-refractivity contribution in [1.29, 1.82) is 0 Å². The number of nitrogens with zero attached hydrogens (tertiary/aromatic N) is 2. The first-order valence-electron chi connectivity index (χ1n) is 7.82. The Balaban J connectivity index is 1.48. The van der Waals surface area contributed by atoms with Crippen molar-refractivity contribution in [3.05, 3.63) is 0 Å². The van der Waals surface area contributed by atoms with Gasteiger partial charge in [0, 0.05) is 31.5 Å². The van der Waals surface area contributed by atoms with Crippen LogP contribution in [0.3, 0.4) is 0 Å². The maximum Gasteiger partial charge on any atom is 0.137 e. The minimum absolute atomic E-state index is 0.357. The Bertz CT molecular complexity index is 299. The largest absolute Gasteiger partial charge is 0.301 e. The first kappa shape index (κ1) is 12.6. The van der Waals surface area contributed by atoms with Crippen LogP contribution in [0.4, 0.5) is 0 Å². The average molecular weight is 250 g/mol. The van der Waals surface area contributed by atoms with Crippen molar-refractivity contribution in [2.45, 2.75) is 51.0 Å². The van der Waals surface area contributed by atoms with Crippen LogP contribution in [-0.4, -0.2) is 54.3 Å². The highest BCUT2D eigenvalue weighted by molar-refractivity contribution is 5.81. The zero-order valence-electron chi connectivity index (χ0n) is 11.4. The summed E-state index contributed by atoms with van der Waals surface area (Å²) in [5.41, 5.74) is 0. The lowest BCUT2D eigenvalue weighted by Crippen LogP contribution is -2.38. The molecular weight excluding hydrogens is 224 g/mol. The second-order valence-electron chi connectivity index (χ2n) is 6.35. The Hall–Kier alpha value is -0.410. The molecule has 3 aliphatic rings. The minimum atomic E-state index is 0.357. The van der Waals surface area contributed by atoms with Gasteiger partial charge in [-0.15, -0.1) is 0 Å². The van der Waals surface area contributed by atoms with E-state index in [1.807, 2.05) is 0 Å². The summed E-state index contributed by atoms with van der Waals surface area (Å²) >= 11 is 0. The predicted molar refractivity (Wildman–Crippen MR) is 72.6 cm³/mol. The topological polar surface area (TPSA) is 23.6 Å². The van der Waals surface area contributed by atoms with E-state index < -0.39 is 0 Å². The minimum Gasteiger partial charge on any atom is -0.301 e. The van der Waals surface area contributed by atoms with E-state index in [9.17, 15) is 4.79 Å². The molecule has 0 aromatic rings. The fourth-order valence-electron chi connectivity index (χ4n) is 3.94. The van der Waals surface area contributed by atoms with Crippen LogP contribution < -0.4 is 0 Å². The third kappa shape index (κ3) is 2.77. The molecule has 3 rings (SSSR count). The second-order valence-corrected chi connectivity index (χ2v) is 6.35. The van der Waals surface area contributed by atoms with Crippen LogP contribution >= 0.6 is 0 Å². The molecule has 18 heavy (non-hydrogen) atoms. The van der Waals surface area contributed by atoms with E-state index in [0.29, 0.717) is 11.7 Å². The van der Waals surface area contributed by atoms with Gasteiger partial charge in [-0.3, -0.25) is 9.69 Å². The van der Waals surface area contributed by atoms with Gasteiger partial charge in [0.2, 0.25) is 0 Å². The molecule has 102 valence electrons. The van der Waals surface area contributed by atoms with Crippen molar-refractivity contribution in [2.24, 2.45) is 5.92 Å². The van der Waals surface area contributed by atoms with Crippen LogP contribution in [0.15, 0.2) is 0 Å². The summed E-state index contributed by atoms with van der Waals surface area (Å²) < 4.78 is 0. The van der Waals surface area contributed by atoms with Crippen LogP contribution in [0.5, 0.6) is 0 Å². The molecule has 0 aromatic heterocycles. The van der Waals surface area contributed by atoms with Gasteiger partial charge in [0.25, 0.3) is 0 Å². The molecule has 3 fully saturated rings. The highest BCUT2D eigenvalue weighted by Gasteiger charge is 2.32. The second kappa shape index (κ2) is 5.70. The number of likely N-dealkylation sites (tertiary alicyclic amines) is 2. The summed E-state index contributed by atoms with van der Waals surface area (Å²) in [7, 11) is 0. The van der Waals surface area contributed by atoms with Crippen LogP contribution in [-0.2, 0) is 4.79 Å². The van der Waals surface area contributed by atoms with E-state index in [-0.39, 0.29) is 0 Å². The number of hydrogen-bond acceptors (Lipinski definition) is 3. The molecule has 0 aromatic carbocycles. The van der Waals surface area contributed by atoms with Crippen molar-refractivity contribution < 1.29 is 4.79 Å². The Kier molecular flexibility index (Phi) is 4.00. The molecule has 0 bridgehead atoms. The van der Waals surface area contributed by atoms with Gasteiger partial charge in [-0.1, -0.05) is 6.42 Å². The number of hydrogen-bond donors (Lipinski definition) is 0. The first-order valence-corrected chi connectivity index (χ1v) is 7.82. The standard InChI is InChI=1S/C15H26N2O/c18-15-6-2-1-5-13(15)11-16-10-7-14(12-16)17-8-3-4-9-17/h13-14H,1-12H2. The maximum absolute atomic E-state index is 11.9. The zero-order valence-corrected chi connectivity index (χ0v) is 11.4. The Morgan fingerprint density at radius 2 is 1.83 bits per heavy atom. The molecule has 1 saturated carbocycles. The lowest BCUT2D eigenvalue weighted by molar-refractivity contribution is -0.125. The van der Waals surface area contributed by atoms with E-state index in [4.69, 9.17) is 0 Å². The molecule has 2 saturated heterocycles. The third-order valence-corrected chi connectivity index (χ3v) is 5.06. The molecule has 2 atom stereocenters. The van der Waals surface area contributed by atoms with Crippen LogP contribution in [0.2, 0.25) is 0 Å². The van der Waals surface area contributed by atoms with E-state index >= 15 is 0 Å². The molecule has 3 heteroatoms. The molecular formula is C15H26N2O. The number of carbonyl (C=O) groups excluding carboxylic acids is 1. The summed E-state index contributed by atoms with van der Waals surface area (Å²) in [6.45, 7) is 6.08. The van der Waals surface area contributed by atoms with Gasteiger partial charge in [-0.25, -0.2) is 0 Å². The van der Waals surface area contributed by atoms with Crippen LogP contribution in [0, 0.1) is 5.92 Å². The van der Waals surface area contributed by atoms with Gasteiger partial charge in [-0.2, -0.15) is 0 Å². The fraction of sp³-hybridized carbons (Fsp3) is 0.933. The predicted octanol–water partition coefficient (Wildman–Crippen LogP) is 1.92. The number of ketones is 1. The summed E-state index contributed by atoms with van der Waals surface area (Å²) in [5, 5.41) is 0. The number of rotatable bonds is 3. The molecule has 2 unspecified atom stereocenters. The highest BCUT2D eigenvalue weighted by atomic mass is 16.1. The normalized spacial score (nSPS) is 35.4. The first-order chi connectivity index (χ1) is 8.83. The molecule has 3 nitrogen and oxygen atoms in total. The molecule has 0 radical (unpaired) electrons. The van der Waals surface area contributed by atoms with Crippen molar-refractivity contribution in [2.75, 3.05) is 32.7 Å². The molecule has 0 spiro atoms. The van der Waals surface area contributed by atoms with Gasteiger partial charge in [0.05, 0.1) is 0 Å². The maximum atomic E-state index is 11.9. The Labute approximate surface area is 111 Å². The SMILES string of the molecule is O=C1CCCCC1CN1CCC(N2CCCC2)C1. The summed E-state index contributed by atoms with van der Waals surface area (Å²) in [6.07, 6.45) is 8.47. The van der Waals surface area contributed by atoms with Crippen LogP contribution in [0.1, 0.15) is 44.9 Å². The summed E-state index contributed by atoms with van der Waals surface area (Å²) in [6, 6.07) is 0.784. The zero-order chi connectivity index (χ0) is 12.4. The molecule has 0 amide bonds. The quantitative estimate of drug-likeness (QED) is 0.764. The third-order valence-electron chi connectivity index (χ3n) is 5.06. The van der Waals surface area contributed by atoms with Crippen LogP contribution in [0.25, 0.3) is 0 Å². The lowest BCUT2D eigenvalue weighted by atomic mass is 9.87. The average Bonchev–Trinajstić information content (AvgIpc) is 3.02. The summed E-state index contributed by atoms with van der Waals surface area (Å²) in [5.74, 6) is 0.891. The van der Waals surface area contributed by atoms with E-state index in [2.05, 4.69) is 9.80 Å². The molecule has 1 aliphatic carbocycles. The highest BCUT2D eigenvalue weighted by Crippen LogP contribution is 2.25. The van der Waals surface area contributed by atoms with Gasteiger partial charge in [0.15, 0.2) is 0 Å². The van der Waals surface area contributed by atoms with Gasteiger partial charge < -0.3 is 4.90 Å². The molecule has 2 aliphatic heterocycles. The smallest absolute Gasteiger partial charge is 0.137 e. The van der Waals surface area contributed by atoms with E-state index in [1.54, 1.807) is 0 Å². The summed E-state index contributed by atoms with van der Waals surface area (Å²) in [4.78, 5) is 17.1. The van der Waals surface area contributed by atoms with Gasteiger partial charge in [0.1, 0.15) is 5.78 Å². The van der Waals surface area contributed by atoms with E-state index in [0.717, 1.165) is 31.8 Å². The van der Waals surface area contributed by atoms with Gasteiger partial charge >= 0.3 is 0 Å². The van der Waals surface area contributed by atoms with Gasteiger partial charge in [-0.05, 0) is 51.7 Å². The van der Waals surface area contributed by atoms with Crippen molar-refractivity contribution in [3.8, 4) is 0 Å². The monoisotopic (exact) mass is 250 g/mol. The Morgan fingerprint density at radius 1 is 1.00 bits per heavy atom. The lowest BCUT2D eigenvalue weighted by Gasteiger charge is -2.27. The number of Topliss-reactive ketones (excluding diaryl/α,β-unsaturated/α-hetero) is 1. The van der Waals surface area contributed by atoms with Crippen molar-refractivity contribution >= 4 is 5.78 Å². The number of carbonyl (C=O) groups is 1. The van der Waals surface area contributed by atoms with E-state index in [1.165, 1.54) is 51.9 Å². The van der Waals surface area contributed by atoms with Crippen molar-refractivity contribution in [3.63, 3.8) is 0 Å².